The summed E-state index contributed by atoms with van der Waals surface area (Å²) in [5.74, 6) is 0.581. The fraction of sp³-hybridized carbons (Fsp3) is 0.923. The standard InChI is InChI=1S/C13H25N3O2/c1-10-8-16(5-4-12(10)14)9-13(17)15-7-11-3-2-6-18-11/h10-12H,2-9,14H2,1H3,(H,15,17). The average Bonchev–Trinajstić information content (AvgIpc) is 2.84. The Morgan fingerprint density at radius 2 is 2.33 bits per heavy atom. The molecule has 0 bridgehead atoms. The number of nitrogens with one attached hydrogen (secondary N) is 1. The molecule has 0 spiro atoms. The Morgan fingerprint density at radius 3 is 3.00 bits per heavy atom. The van der Waals surface area contributed by atoms with E-state index in [9.17, 15) is 4.79 Å². The van der Waals surface area contributed by atoms with Gasteiger partial charge in [-0.05, 0) is 25.2 Å². The van der Waals surface area contributed by atoms with Crippen LogP contribution in [0.2, 0.25) is 0 Å². The first-order valence-corrected chi connectivity index (χ1v) is 7.01. The molecular formula is C13H25N3O2. The molecule has 3 unspecified atom stereocenters. The number of hydrogen-bond acceptors (Lipinski definition) is 4. The summed E-state index contributed by atoms with van der Waals surface area (Å²) in [7, 11) is 0. The van der Waals surface area contributed by atoms with Crippen molar-refractivity contribution in [3.63, 3.8) is 0 Å². The number of rotatable bonds is 4. The van der Waals surface area contributed by atoms with Crippen LogP contribution in [0.4, 0.5) is 0 Å². The molecule has 0 aliphatic carbocycles. The second-order valence-electron chi connectivity index (χ2n) is 5.60. The molecule has 0 aromatic carbocycles. The van der Waals surface area contributed by atoms with E-state index in [2.05, 4.69) is 17.1 Å². The van der Waals surface area contributed by atoms with Crippen LogP contribution < -0.4 is 11.1 Å². The first-order valence-electron chi connectivity index (χ1n) is 7.01. The molecule has 3 N–H and O–H groups in total. The molecule has 2 heterocycles. The minimum atomic E-state index is 0.105. The highest BCUT2D eigenvalue weighted by Crippen LogP contribution is 2.14. The van der Waals surface area contributed by atoms with E-state index >= 15 is 0 Å². The highest BCUT2D eigenvalue weighted by Gasteiger charge is 2.24. The van der Waals surface area contributed by atoms with Crippen molar-refractivity contribution >= 4 is 5.91 Å². The van der Waals surface area contributed by atoms with Crippen molar-refractivity contribution in [3.8, 4) is 0 Å². The van der Waals surface area contributed by atoms with Crippen molar-refractivity contribution in [2.45, 2.75) is 38.3 Å². The van der Waals surface area contributed by atoms with E-state index < -0.39 is 0 Å². The largest absolute Gasteiger partial charge is 0.376 e. The molecular weight excluding hydrogens is 230 g/mol. The topological polar surface area (TPSA) is 67.6 Å². The summed E-state index contributed by atoms with van der Waals surface area (Å²) in [4.78, 5) is 14.0. The van der Waals surface area contributed by atoms with Crippen LogP contribution in [0.15, 0.2) is 0 Å². The van der Waals surface area contributed by atoms with E-state index in [0.717, 1.165) is 39.0 Å². The molecule has 2 aliphatic rings. The third-order valence-electron chi connectivity index (χ3n) is 3.97. The molecule has 2 fully saturated rings. The zero-order valence-electron chi connectivity index (χ0n) is 11.2. The Labute approximate surface area is 109 Å². The number of carbonyl (C=O) groups excluding carboxylic acids is 1. The molecule has 5 heteroatoms. The number of nitrogens with zero attached hydrogens (tertiary/aromatic N) is 1. The van der Waals surface area contributed by atoms with Crippen LogP contribution in [0.5, 0.6) is 0 Å². The maximum atomic E-state index is 11.8. The quantitative estimate of drug-likeness (QED) is 0.739. The van der Waals surface area contributed by atoms with Crippen LogP contribution in [-0.2, 0) is 9.53 Å². The summed E-state index contributed by atoms with van der Waals surface area (Å²) < 4.78 is 5.48. The van der Waals surface area contributed by atoms with Gasteiger partial charge >= 0.3 is 0 Å². The van der Waals surface area contributed by atoms with Gasteiger partial charge in [-0.25, -0.2) is 0 Å². The van der Waals surface area contributed by atoms with Crippen LogP contribution in [-0.4, -0.2) is 55.7 Å². The lowest BCUT2D eigenvalue weighted by molar-refractivity contribution is -0.123. The monoisotopic (exact) mass is 255 g/mol. The number of likely N-dealkylation sites (tertiary alicyclic amines) is 1. The van der Waals surface area contributed by atoms with Gasteiger partial charge in [0.25, 0.3) is 0 Å². The van der Waals surface area contributed by atoms with Gasteiger partial charge in [0.1, 0.15) is 0 Å². The third kappa shape index (κ3) is 3.93. The van der Waals surface area contributed by atoms with Gasteiger partial charge < -0.3 is 15.8 Å². The van der Waals surface area contributed by atoms with Gasteiger partial charge in [0.15, 0.2) is 0 Å². The van der Waals surface area contributed by atoms with Crippen molar-refractivity contribution in [1.29, 1.82) is 0 Å². The van der Waals surface area contributed by atoms with E-state index in [1.54, 1.807) is 0 Å². The lowest BCUT2D eigenvalue weighted by atomic mass is 9.95. The van der Waals surface area contributed by atoms with E-state index in [1.807, 2.05) is 0 Å². The second-order valence-corrected chi connectivity index (χ2v) is 5.60. The second kappa shape index (κ2) is 6.50. The maximum Gasteiger partial charge on any atom is 0.234 e. The van der Waals surface area contributed by atoms with Crippen molar-refractivity contribution in [2.75, 3.05) is 32.8 Å². The number of carbonyl (C=O) groups is 1. The summed E-state index contributed by atoms with van der Waals surface area (Å²) in [6, 6.07) is 0.288. The number of ether oxygens (including phenoxy) is 1. The highest BCUT2D eigenvalue weighted by molar-refractivity contribution is 5.78. The molecule has 0 aromatic heterocycles. The molecule has 0 radical (unpaired) electrons. The fourth-order valence-corrected chi connectivity index (χ4v) is 2.69. The first kappa shape index (κ1) is 13.8. The van der Waals surface area contributed by atoms with Crippen LogP contribution in [0.1, 0.15) is 26.2 Å². The Kier molecular flexibility index (Phi) is 4.97. The lowest BCUT2D eigenvalue weighted by Crippen LogP contribution is -2.49. The van der Waals surface area contributed by atoms with Crippen LogP contribution >= 0.6 is 0 Å². The highest BCUT2D eigenvalue weighted by atomic mass is 16.5. The first-order chi connectivity index (χ1) is 8.65. The molecule has 3 atom stereocenters. The molecule has 2 saturated heterocycles. The molecule has 1 amide bonds. The molecule has 18 heavy (non-hydrogen) atoms. The molecule has 104 valence electrons. The lowest BCUT2D eigenvalue weighted by Gasteiger charge is -2.34. The van der Waals surface area contributed by atoms with Crippen LogP contribution in [0.3, 0.4) is 0 Å². The predicted molar refractivity (Wildman–Crippen MR) is 70.2 cm³/mol. The van der Waals surface area contributed by atoms with E-state index in [1.165, 1.54) is 0 Å². The van der Waals surface area contributed by atoms with E-state index in [0.29, 0.717) is 19.0 Å². The maximum absolute atomic E-state index is 11.8. The van der Waals surface area contributed by atoms with Crippen molar-refractivity contribution in [1.82, 2.24) is 10.2 Å². The Hall–Kier alpha value is -0.650. The molecule has 0 aromatic rings. The van der Waals surface area contributed by atoms with E-state index in [4.69, 9.17) is 10.5 Å². The summed E-state index contributed by atoms with van der Waals surface area (Å²) in [6.45, 7) is 5.99. The molecule has 2 rings (SSSR count). The van der Waals surface area contributed by atoms with Gasteiger partial charge in [-0.15, -0.1) is 0 Å². The average molecular weight is 255 g/mol. The summed E-state index contributed by atoms with van der Waals surface area (Å²) in [5, 5.41) is 2.96. The number of piperidine rings is 1. The fourth-order valence-electron chi connectivity index (χ4n) is 2.69. The smallest absolute Gasteiger partial charge is 0.234 e. The molecule has 5 nitrogen and oxygen atoms in total. The number of hydrogen-bond donors (Lipinski definition) is 2. The molecule has 0 saturated carbocycles. The van der Waals surface area contributed by atoms with Crippen molar-refractivity contribution in [3.05, 3.63) is 0 Å². The summed E-state index contributed by atoms with van der Waals surface area (Å²) >= 11 is 0. The van der Waals surface area contributed by atoms with Gasteiger partial charge in [0.05, 0.1) is 12.6 Å². The van der Waals surface area contributed by atoms with Crippen LogP contribution in [0, 0.1) is 5.92 Å². The van der Waals surface area contributed by atoms with Gasteiger partial charge in [-0.2, -0.15) is 0 Å². The van der Waals surface area contributed by atoms with Gasteiger partial charge in [0.2, 0.25) is 5.91 Å². The van der Waals surface area contributed by atoms with Gasteiger partial charge in [-0.3, -0.25) is 9.69 Å². The summed E-state index contributed by atoms with van der Waals surface area (Å²) in [5.41, 5.74) is 5.97. The van der Waals surface area contributed by atoms with Crippen molar-refractivity contribution in [2.24, 2.45) is 11.7 Å². The third-order valence-corrected chi connectivity index (χ3v) is 3.97. The molecule has 2 aliphatic heterocycles. The number of amides is 1. The Bertz CT molecular complexity index is 279. The van der Waals surface area contributed by atoms with Crippen molar-refractivity contribution < 1.29 is 9.53 Å². The zero-order chi connectivity index (χ0) is 13.0. The van der Waals surface area contributed by atoms with E-state index in [-0.39, 0.29) is 18.1 Å². The van der Waals surface area contributed by atoms with Gasteiger partial charge in [-0.1, -0.05) is 6.92 Å². The summed E-state index contributed by atoms with van der Waals surface area (Å²) in [6.07, 6.45) is 3.39. The normalized spacial score (nSPS) is 33.6. The number of nitrogens with two attached hydrogens (primary N) is 1. The Morgan fingerprint density at radius 1 is 1.50 bits per heavy atom. The minimum absolute atomic E-state index is 0.105. The Balaban J connectivity index is 1.64. The van der Waals surface area contributed by atoms with Crippen LogP contribution in [0.25, 0.3) is 0 Å². The predicted octanol–water partition coefficient (Wildman–Crippen LogP) is -0.0493. The van der Waals surface area contributed by atoms with Gasteiger partial charge in [0, 0.05) is 32.3 Å². The zero-order valence-corrected chi connectivity index (χ0v) is 11.2. The minimum Gasteiger partial charge on any atom is -0.376 e. The SMILES string of the molecule is CC1CN(CC(=O)NCC2CCCO2)CCC1N.